The van der Waals surface area contributed by atoms with Crippen molar-refractivity contribution in [1.82, 2.24) is 0 Å². The lowest BCUT2D eigenvalue weighted by molar-refractivity contribution is 0.0977. The van der Waals surface area contributed by atoms with Gasteiger partial charge in [0.15, 0.2) is 11.6 Å². The third kappa shape index (κ3) is 2.33. The lowest BCUT2D eigenvalue weighted by Gasteiger charge is -2.22. The molecule has 0 spiro atoms. The van der Waals surface area contributed by atoms with Gasteiger partial charge in [0.25, 0.3) is 0 Å². The van der Waals surface area contributed by atoms with Gasteiger partial charge in [0.1, 0.15) is 11.5 Å². The molecule has 0 atom stereocenters. The Kier molecular flexibility index (Phi) is 3.69. The van der Waals surface area contributed by atoms with Gasteiger partial charge in [0, 0.05) is 11.1 Å². The van der Waals surface area contributed by atoms with Gasteiger partial charge < -0.3 is 15.2 Å². The van der Waals surface area contributed by atoms with E-state index in [1.54, 1.807) is 49.6 Å². The molecule has 0 fully saturated rings. The minimum absolute atomic E-state index is 0.0218. The van der Waals surface area contributed by atoms with Gasteiger partial charge in [0.05, 0.1) is 29.6 Å². The number of phenols is 1. The maximum absolute atomic E-state index is 13.0. The van der Waals surface area contributed by atoms with Crippen LogP contribution in [0.15, 0.2) is 60.7 Å². The summed E-state index contributed by atoms with van der Waals surface area (Å²) in [6.45, 7) is 0. The topological polar surface area (TPSA) is 75.6 Å². The van der Waals surface area contributed by atoms with Crippen molar-refractivity contribution < 1.29 is 19.4 Å². The third-order valence-corrected chi connectivity index (χ3v) is 4.43. The number of carbonyl (C=O) groups excluding carboxylic acids is 2. The van der Waals surface area contributed by atoms with E-state index in [0.717, 1.165) is 0 Å². The van der Waals surface area contributed by atoms with Crippen LogP contribution in [0.25, 0.3) is 0 Å². The molecular weight excluding hydrogens is 330 g/mol. The van der Waals surface area contributed by atoms with Crippen molar-refractivity contribution in [3.05, 3.63) is 82.9 Å². The van der Waals surface area contributed by atoms with Crippen LogP contribution in [0.3, 0.4) is 0 Å². The van der Waals surface area contributed by atoms with Crippen LogP contribution in [0.2, 0.25) is 0 Å². The van der Waals surface area contributed by atoms with E-state index >= 15 is 0 Å². The van der Waals surface area contributed by atoms with E-state index in [1.807, 2.05) is 12.1 Å². The summed E-state index contributed by atoms with van der Waals surface area (Å²) in [7, 11) is 1.55. The maximum Gasteiger partial charge on any atom is 0.198 e. The molecule has 0 aliphatic heterocycles. The molecule has 5 heteroatoms. The van der Waals surface area contributed by atoms with Gasteiger partial charge in [-0.2, -0.15) is 0 Å². The maximum atomic E-state index is 13.0. The number of fused-ring (bicyclic) bond motifs is 2. The molecule has 0 saturated carbocycles. The molecular formula is C21H15NO4. The van der Waals surface area contributed by atoms with Gasteiger partial charge in [-0.05, 0) is 24.3 Å². The molecule has 5 nitrogen and oxygen atoms in total. The van der Waals surface area contributed by atoms with Gasteiger partial charge in [-0.3, -0.25) is 9.59 Å². The average molecular weight is 345 g/mol. The number of ether oxygens (including phenoxy) is 1. The first-order valence-electron chi connectivity index (χ1n) is 8.06. The number of nitrogens with one attached hydrogen (secondary N) is 1. The second kappa shape index (κ2) is 6.04. The molecule has 0 bridgehead atoms. The summed E-state index contributed by atoms with van der Waals surface area (Å²) in [6.07, 6.45) is 0. The standard InChI is InChI=1S/C21H15NO4/c1-26-17-9-5-4-8-14(17)22-15-10-11-16(23)19-18(15)20(24)12-6-2-3-7-13(12)21(19)25/h2-11,22-23H,1H3. The van der Waals surface area contributed by atoms with Crippen molar-refractivity contribution in [3.63, 3.8) is 0 Å². The lowest BCUT2D eigenvalue weighted by atomic mass is 9.82. The number of hydrogen-bond donors (Lipinski definition) is 2. The molecule has 0 unspecified atom stereocenters. The molecule has 0 heterocycles. The normalized spacial score (nSPS) is 12.3. The van der Waals surface area contributed by atoms with E-state index in [9.17, 15) is 14.7 Å². The highest BCUT2D eigenvalue weighted by atomic mass is 16.5. The Morgan fingerprint density at radius 2 is 1.38 bits per heavy atom. The predicted octanol–water partition coefficient (Wildman–Crippen LogP) is 3.92. The van der Waals surface area contributed by atoms with Crippen molar-refractivity contribution >= 4 is 22.9 Å². The molecule has 1 aliphatic rings. The predicted molar refractivity (Wildman–Crippen MR) is 97.7 cm³/mol. The fourth-order valence-electron chi connectivity index (χ4n) is 3.20. The van der Waals surface area contributed by atoms with E-state index in [-0.39, 0.29) is 28.4 Å². The molecule has 3 aromatic carbocycles. The van der Waals surface area contributed by atoms with Crippen LogP contribution in [0.4, 0.5) is 11.4 Å². The summed E-state index contributed by atoms with van der Waals surface area (Å²) in [4.78, 5) is 25.9. The van der Waals surface area contributed by atoms with Crippen molar-refractivity contribution in [2.75, 3.05) is 12.4 Å². The fraction of sp³-hybridized carbons (Fsp3) is 0.0476. The van der Waals surface area contributed by atoms with Gasteiger partial charge in [-0.1, -0.05) is 36.4 Å². The number of methoxy groups -OCH3 is 1. The molecule has 0 amide bonds. The van der Waals surface area contributed by atoms with E-state index < -0.39 is 0 Å². The van der Waals surface area contributed by atoms with Crippen LogP contribution in [0.5, 0.6) is 11.5 Å². The Bertz CT molecular complexity index is 1060. The number of hydrogen-bond acceptors (Lipinski definition) is 5. The Labute approximate surface area is 149 Å². The zero-order chi connectivity index (χ0) is 18.3. The number of ketones is 2. The van der Waals surface area contributed by atoms with E-state index in [2.05, 4.69) is 5.32 Å². The first-order valence-corrected chi connectivity index (χ1v) is 8.06. The number of aromatic hydroxyl groups is 1. The Morgan fingerprint density at radius 1 is 0.769 bits per heavy atom. The van der Waals surface area contributed by atoms with Crippen molar-refractivity contribution in [2.45, 2.75) is 0 Å². The summed E-state index contributed by atoms with van der Waals surface area (Å²) in [5, 5.41) is 13.4. The summed E-state index contributed by atoms with van der Waals surface area (Å²) in [5.74, 6) is -0.275. The van der Waals surface area contributed by atoms with E-state index in [1.165, 1.54) is 6.07 Å². The zero-order valence-electron chi connectivity index (χ0n) is 13.9. The average Bonchev–Trinajstić information content (AvgIpc) is 2.67. The first-order chi connectivity index (χ1) is 12.6. The van der Waals surface area contributed by atoms with Crippen LogP contribution in [0.1, 0.15) is 31.8 Å². The molecule has 3 aromatic rings. The highest BCUT2D eigenvalue weighted by Crippen LogP contribution is 2.39. The molecule has 0 saturated heterocycles. The minimum atomic E-state index is -0.364. The highest BCUT2D eigenvalue weighted by molar-refractivity contribution is 6.31. The van der Waals surface area contributed by atoms with Crippen molar-refractivity contribution in [1.29, 1.82) is 0 Å². The smallest absolute Gasteiger partial charge is 0.198 e. The Hall–Kier alpha value is -3.60. The molecule has 0 aromatic heterocycles. The first kappa shape index (κ1) is 15.9. The van der Waals surface area contributed by atoms with Crippen LogP contribution < -0.4 is 10.1 Å². The second-order valence-electron chi connectivity index (χ2n) is 5.91. The number of carbonyl (C=O) groups is 2. The number of phenolic OH excluding ortho intramolecular Hbond substituents is 1. The largest absolute Gasteiger partial charge is 0.507 e. The Morgan fingerprint density at radius 3 is 2.08 bits per heavy atom. The van der Waals surface area contributed by atoms with Crippen molar-refractivity contribution in [3.8, 4) is 11.5 Å². The van der Waals surface area contributed by atoms with Crippen LogP contribution in [-0.4, -0.2) is 23.8 Å². The molecule has 1 aliphatic carbocycles. The third-order valence-electron chi connectivity index (χ3n) is 4.43. The zero-order valence-corrected chi connectivity index (χ0v) is 13.9. The van der Waals surface area contributed by atoms with Gasteiger partial charge in [0.2, 0.25) is 0 Å². The van der Waals surface area contributed by atoms with Gasteiger partial charge in [-0.25, -0.2) is 0 Å². The number of anilines is 2. The fourth-order valence-corrected chi connectivity index (χ4v) is 3.20. The SMILES string of the molecule is COc1ccccc1Nc1ccc(O)c2c1C(=O)c1ccccc1C2=O. The minimum Gasteiger partial charge on any atom is -0.507 e. The van der Waals surface area contributed by atoms with Gasteiger partial charge >= 0.3 is 0 Å². The lowest BCUT2D eigenvalue weighted by Crippen LogP contribution is -2.22. The van der Waals surface area contributed by atoms with Crippen LogP contribution in [-0.2, 0) is 0 Å². The number of rotatable bonds is 3. The molecule has 26 heavy (non-hydrogen) atoms. The number of benzene rings is 3. The number of para-hydroxylation sites is 2. The summed E-state index contributed by atoms with van der Waals surface area (Å²) < 4.78 is 5.33. The molecule has 0 radical (unpaired) electrons. The Balaban J connectivity index is 1.90. The van der Waals surface area contributed by atoms with Gasteiger partial charge in [-0.15, -0.1) is 0 Å². The monoisotopic (exact) mass is 345 g/mol. The highest BCUT2D eigenvalue weighted by Gasteiger charge is 2.34. The van der Waals surface area contributed by atoms with Crippen LogP contribution in [0, 0.1) is 0 Å². The van der Waals surface area contributed by atoms with E-state index in [4.69, 9.17) is 4.74 Å². The van der Waals surface area contributed by atoms with E-state index in [0.29, 0.717) is 28.3 Å². The molecule has 2 N–H and O–H groups in total. The quantitative estimate of drug-likeness (QED) is 0.551. The molecule has 128 valence electrons. The summed E-state index contributed by atoms with van der Waals surface area (Å²) in [6, 6.07) is 16.9. The second-order valence-corrected chi connectivity index (χ2v) is 5.91. The van der Waals surface area contributed by atoms with Crippen LogP contribution >= 0.6 is 0 Å². The summed E-state index contributed by atoms with van der Waals surface area (Å²) >= 11 is 0. The van der Waals surface area contributed by atoms with Crippen molar-refractivity contribution in [2.24, 2.45) is 0 Å². The molecule has 4 rings (SSSR count). The summed E-state index contributed by atoms with van der Waals surface area (Å²) in [5.41, 5.74) is 1.92.